The number of benzene rings is 1. The van der Waals surface area contributed by atoms with E-state index in [4.69, 9.17) is 5.26 Å². The molecule has 0 radical (unpaired) electrons. The first-order valence-corrected chi connectivity index (χ1v) is 5.11. The van der Waals surface area contributed by atoms with E-state index in [1.165, 1.54) is 0 Å². The van der Waals surface area contributed by atoms with Crippen molar-refractivity contribution in [3.8, 4) is 6.07 Å². The summed E-state index contributed by atoms with van der Waals surface area (Å²) in [6.45, 7) is 2.27. The van der Waals surface area contributed by atoms with Gasteiger partial charge >= 0.3 is 0 Å². The van der Waals surface area contributed by atoms with Crippen molar-refractivity contribution >= 4 is 5.91 Å². The van der Waals surface area contributed by atoms with E-state index in [-0.39, 0.29) is 18.5 Å². The van der Waals surface area contributed by atoms with Gasteiger partial charge in [0.1, 0.15) is 0 Å². The predicted molar refractivity (Wildman–Crippen MR) is 61.6 cm³/mol. The van der Waals surface area contributed by atoms with Crippen LogP contribution in [0.2, 0.25) is 0 Å². The van der Waals surface area contributed by atoms with Crippen molar-refractivity contribution in [1.29, 1.82) is 5.26 Å². The third kappa shape index (κ3) is 3.37. The Morgan fingerprint density at radius 2 is 2.06 bits per heavy atom. The molecule has 1 aromatic rings. The average Bonchev–Trinajstić information content (AvgIpc) is 2.35. The molecule has 1 atom stereocenters. The van der Waals surface area contributed by atoms with Crippen LogP contribution in [0, 0.1) is 11.3 Å². The zero-order valence-electron chi connectivity index (χ0n) is 9.45. The van der Waals surface area contributed by atoms with Gasteiger partial charge in [0.15, 0.2) is 0 Å². The van der Waals surface area contributed by atoms with E-state index in [1.807, 2.05) is 19.1 Å². The standard InChI is InChI=1S/C12H15N3O/c1-9(15-8-12(16)14-2)11-5-3-10(7-13)4-6-11/h3-6,9,15H,8H2,1-2H3,(H,14,16). The van der Waals surface area contributed by atoms with Crippen molar-refractivity contribution in [2.75, 3.05) is 13.6 Å². The van der Waals surface area contributed by atoms with Crippen LogP contribution in [0.15, 0.2) is 24.3 Å². The van der Waals surface area contributed by atoms with Crippen molar-refractivity contribution in [3.63, 3.8) is 0 Å². The number of carbonyl (C=O) groups excluding carboxylic acids is 1. The first-order chi connectivity index (χ1) is 7.67. The fourth-order valence-corrected chi connectivity index (χ4v) is 1.30. The second-order valence-corrected chi connectivity index (χ2v) is 3.51. The number of amides is 1. The predicted octanol–water partition coefficient (Wildman–Crippen LogP) is 0.955. The van der Waals surface area contributed by atoms with Gasteiger partial charge in [0, 0.05) is 13.1 Å². The van der Waals surface area contributed by atoms with Gasteiger partial charge in [-0.2, -0.15) is 5.26 Å². The molecule has 84 valence electrons. The monoisotopic (exact) mass is 217 g/mol. The molecule has 0 aromatic heterocycles. The van der Waals surface area contributed by atoms with E-state index in [0.29, 0.717) is 5.56 Å². The van der Waals surface area contributed by atoms with Gasteiger partial charge in [0.2, 0.25) is 5.91 Å². The molecule has 0 spiro atoms. The van der Waals surface area contributed by atoms with Crippen molar-refractivity contribution in [2.24, 2.45) is 0 Å². The van der Waals surface area contributed by atoms with Crippen LogP contribution in [0.5, 0.6) is 0 Å². The molecule has 1 amide bonds. The topological polar surface area (TPSA) is 64.9 Å². The second kappa shape index (κ2) is 5.89. The third-order valence-corrected chi connectivity index (χ3v) is 2.39. The molecule has 0 fully saturated rings. The summed E-state index contributed by atoms with van der Waals surface area (Å²) >= 11 is 0. The fourth-order valence-electron chi connectivity index (χ4n) is 1.30. The lowest BCUT2D eigenvalue weighted by Crippen LogP contribution is -2.32. The van der Waals surface area contributed by atoms with Gasteiger partial charge in [-0.15, -0.1) is 0 Å². The number of likely N-dealkylation sites (N-methyl/N-ethyl adjacent to an activating group) is 1. The SMILES string of the molecule is CNC(=O)CNC(C)c1ccc(C#N)cc1. The molecule has 1 aromatic carbocycles. The van der Waals surface area contributed by atoms with Crippen LogP contribution in [0.4, 0.5) is 0 Å². The first kappa shape index (κ1) is 12.2. The van der Waals surface area contributed by atoms with Crippen molar-refractivity contribution in [2.45, 2.75) is 13.0 Å². The number of nitrogens with zero attached hydrogens (tertiary/aromatic N) is 1. The van der Waals surface area contributed by atoms with E-state index in [1.54, 1.807) is 19.2 Å². The number of nitriles is 1. The minimum Gasteiger partial charge on any atom is -0.358 e. The average molecular weight is 217 g/mol. The molecule has 1 unspecified atom stereocenters. The van der Waals surface area contributed by atoms with Gasteiger partial charge in [-0.3, -0.25) is 4.79 Å². The number of nitrogens with one attached hydrogen (secondary N) is 2. The molecule has 1 rings (SSSR count). The summed E-state index contributed by atoms with van der Waals surface area (Å²) in [5.41, 5.74) is 1.70. The minimum absolute atomic E-state index is 0.0412. The Morgan fingerprint density at radius 1 is 1.44 bits per heavy atom. The molecule has 4 heteroatoms. The highest BCUT2D eigenvalue weighted by Crippen LogP contribution is 2.12. The summed E-state index contributed by atoms with van der Waals surface area (Å²) in [6.07, 6.45) is 0. The zero-order chi connectivity index (χ0) is 12.0. The van der Waals surface area contributed by atoms with Gasteiger partial charge in [0.05, 0.1) is 18.2 Å². The van der Waals surface area contributed by atoms with Crippen LogP contribution < -0.4 is 10.6 Å². The Morgan fingerprint density at radius 3 is 2.56 bits per heavy atom. The number of hydrogen-bond acceptors (Lipinski definition) is 3. The maximum absolute atomic E-state index is 11.0. The Hall–Kier alpha value is -1.86. The summed E-state index contributed by atoms with van der Waals surface area (Å²) in [5, 5.41) is 14.3. The summed E-state index contributed by atoms with van der Waals surface area (Å²) in [6, 6.07) is 9.48. The number of hydrogen-bond donors (Lipinski definition) is 2. The molecule has 0 saturated heterocycles. The van der Waals surface area contributed by atoms with Gasteiger partial charge in [-0.05, 0) is 24.6 Å². The fraction of sp³-hybridized carbons (Fsp3) is 0.333. The highest BCUT2D eigenvalue weighted by atomic mass is 16.1. The Kier molecular flexibility index (Phi) is 4.49. The minimum atomic E-state index is -0.0412. The zero-order valence-corrected chi connectivity index (χ0v) is 9.45. The summed E-state index contributed by atoms with van der Waals surface area (Å²) in [7, 11) is 1.61. The van der Waals surface area contributed by atoms with Crippen LogP contribution in [-0.2, 0) is 4.79 Å². The summed E-state index contributed by atoms with van der Waals surface area (Å²) in [5.74, 6) is -0.0412. The molecule has 0 heterocycles. The second-order valence-electron chi connectivity index (χ2n) is 3.51. The highest BCUT2D eigenvalue weighted by molar-refractivity contribution is 5.77. The highest BCUT2D eigenvalue weighted by Gasteiger charge is 2.06. The van der Waals surface area contributed by atoms with Crippen molar-refractivity contribution in [1.82, 2.24) is 10.6 Å². The van der Waals surface area contributed by atoms with E-state index in [0.717, 1.165) is 5.56 Å². The summed E-state index contributed by atoms with van der Waals surface area (Å²) < 4.78 is 0. The van der Waals surface area contributed by atoms with Crippen LogP contribution >= 0.6 is 0 Å². The quantitative estimate of drug-likeness (QED) is 0.789. The molecule has 0 aliphatic heterocycles. The molecular formula is C12H15N3O. The van der Waals surface area contributed by atoms with E-state index >= 15 is 0 Å². The first-order valence-electron chi connectivity index (χ1n) is 5.11. The van der Waals surface area contributed by atoms with Gasteiger partial charge < -0.3 is 10.6 Å². The molecular weight excluding hydrogens is 202 g/mol. The normalized spacial score (nSPS) is 11.6. The van der Waals surface area contributed by atoms with Crippen LogP contribution in [0.3, 0.4) is 0 Å². The van der Waals surface area contributed by atoms with E-state index in [2.05, 4.69) is 16.7 Å². The Bertz CT molecular complexity index is 392. The van der Waals surface area contributed by atoms with Crippen LogP contribution in [0.25, 0.3) is 0 Å². The largest absolute Gasteiger partial charge is 0.358 e. The third-order valence-electron chi connectivity index (χ3n) is 2.39. The smallest absolute Gasteiger partial charge is 0.233 e. The van der Waals surface area contributed by atoms with Crippen LogP contribution in [-0.4, -0.2) is 19.5 Å². The Labute approximate surface area is 95.3 Å². The molecule has 2 N–H and O–H groups in total. The number of rotatable bonds is 4. The summed E-state index contributed by atoms with van der Waals surface area (Å²) in [4.78, 5) is 11.0. The maximum Gasteiger partial charge on any atom is 0.233 e. The van der Waals surface area contributed by atoms with E-state index in [9.17, 15) is 4.79 Å². The van der Waals surface area contributed by atoms with Gasteiger partial charge in [-0.1, -0.05) is 12.1 Å². The lowest BCUT2D eigenvalue weighted by atomic mass is 10.1. The van der Waals surface area contributed by atoms with Crippen molar-refractivity contribution in [3.05, 3.63) is 35.4 Å². The Balaban J connectivity index is 2.56. The number of carbonyl (C=O) groups is 1. The molecule has 0 bridgehead atoms. The lowest BCUT2D eigenvalue weighted by molar-refractivity contribution is -0.119. The molecule has 4 nitrogen and oxygen atoms in total. The maximum atomic E-state index is 11.0. The molecule has 0 saturated carbocycles. The van der Waals surface area contributed by atoms with Gasteiger partial charge in [-0.25, -0.2) is 0 Å². The molecule has 0 aliphatic rings. The van der Waals surface area contributed by atoms with Crippen molar-refractivity contribution < 1.29 is 4.79 Å². The van der Waals surface area contributed by atoms with Crippen LogP contribution in [0.1, 0.15) is 24.1 Å². The van der Waals surface area contributed by atoms with Gasteiger partial charge in [0.25, 0.3) is 0 Å². The lowest BCUT2D eigenvalue weighted by Gasteiger charge is -2.13. The van der Waals surface area contributed by atoms with E-state index < -0.39 is 0 Å². The molecule has 0 aliphatic carbocycles. The molecule has 16 heavy (non-hydrogen) atoms.